The second-order valence-electron chi connectivity index (χ2n) is 4.45. The van der Waals surface area contributed by atoms with Crippen LogP contribution < -0.4 is 5.32 Å². The molecule has 0 aromatic carbocycles. The number of nitrogens with zero attached hydrogens (tertiary/aromatic N) is 4. The minimum Gasteiger partial charge on any atom is -0.377 e. The summed E-state index contributed by atoms with van der Waals surface area (Å²) in [5.41, 5.74) is 1.86. The van der Waals surface area contributed by atoms with Crippen LogP contribution in [0.4, 0.5) is 5.82 Å². The van der Waals surface area contributed by atoms with Crippen LogP contribution in [-0.4, -0.2) is 33.4 Å². The molecule has 0 saturated heterocycles. The molecule has 20 heavy (non-hydrogen) atoms. The second kappa shape index (κ2) is 7.00. The van der Waals surface area contributed by atoms with E-state index in [0.717, 1.165) is 36.7 Å². The van der Waals surface area contributed by atoms with Gasteiger partial charge < -0.3 is 10.1 Å². The van der Waals surface area contributed by atoms with Crippen molar-refractivity contribution in [3.05, 3.63) is 24.2 Å². The molecule has 0 unspecified atom stereocenters. The molecule has 0 aliphatic carbocycles. The van der Waals surface area contributed by atoms with Crippen molar-refractivity contribution in [2.45, 2.75) is 33.4 Å². The fraction of sp³-hybridized carbons (Fsp3) is 0.500. The molecule has 0 aliphatic rings. The van der Waals surface area contributed by atoms with Crippen molar-refractivity contribution in [3.63, 3.8) is 0 Å². The summed E-state index contributed by atoms with van der Waals surface area (Å²) in [5, 5.41) is 7.58. The average Bonchev–Trinajstić information content (AvgIpc) is 2.93. The summed E-state index contributed by atoms with van der Waals surface area (Å²) >= 11 is 0. The second-order valence-corrected chi connectivity index (χ2v) is 4.45. The molecular formula is C14H21N5O. The predicted octanol–water partition coefficient (Wildman–Crippen LogP) is 2.33. The van der Waals surface area contributed by atoms with Crippen LogP contribution in [0.1, 0.15) is 26.1 Å². The summed E-state index contributed by atoms with van der Waals surface area (Å²) in [6.07, 6.45) is 2.84. The van der Waals surface area contributed by atoms with Crippen molar-refractivity contribution >= 4 is 5.82 Å². The molecule has 0 bridgehead atoms. The zero-order valence-electron chi connectivity index (χ0n) is 12.3. The monoisotopic (exact) mass is 275 g/mol. The average molecular weight is 275 g/mol. The summed E-state index contributed by atoms with van der Waals surface area (Å²) < 4.78 is 7.06. The number of aryl methyl sites for hydroxylation is 1. The zero-order valence-corrected chi connectivity index (χ0v) is 12.3. The van der Waals surface area contributed by atoms with Crippen molar-refractivity contribution in [1.82, 2.24) is 19.7 Å². The van der Waals surface area contributed by atoms with Gasteiger partial charge in [-0.1, -0.05) is 6.92 Å². The third-order valence-electron chi connectivity index (χ3n) is 2.88. The Hall–Kier alpha value is -1.95. The summed E-state index contributed by atoms with van der Waals surface area (Å²) in [7, 11) is 1.64. The van der Waals surface area contributed by atoms with Crippen LogP contribution in [0.25, 0.3) is 11.4 Å². The molecule has 1 N–H and O–H groups in total. The van der Waals surface area contributed by atoms with Gasteiger partial charge in [0.2, 0.25) is 0 Å². The molecule has 0 amide bonds. The number of nitrogens with one attached hydrogen (secondary N) is 1. The molecule has 2 rings (SSSR count). The van der Waals surface area contributed by atoms with Crippen molar-refractivity contribution in [1.29, 1.82) is 0 Å². The summed E-state index contributed by atoms with van der Waals surface area (Å²) in [6, 6.07) is 3.92. The smallest absolute Gasteiger partial charge is 0.157 e. The summed E-state index contributed by atoms with van der Waals surface area (Å²) in [5.74, 6) is 1.50. The van der Waals surface area contributed by atoms with Gasteiger partial charge in [-0.2, -0.15) is 5.10 Å². The van der Waals surface area contributed by atoms with Crippen LogP contribution in [0.2, 0.25) is 0 Å². The Morgan fingerprint density at radius 3 is 2.85 bits per heavy atom. The molecule has 2 heterocycles. The van der Waals surface area contributed by atoms with Gasteiger partial charge in [0.25, 0.3) is 0 Å². The van der Waals surface area contributed by atoms with E-state index < -0.39 is 0 Å². The first-order valence-corrected chi connectivity index (χ1v) is 6.91. The lowest BCUT2D eigenvalue weighted by atomic mass is 10.2. The maximum Gasteiger partial charge on any atom is 0.157 e. The molecule has 0 atom stereocenters. The van der Waals surface area contributed by atoms with Crippen molar-refractivity contribution in [2.75, 3.05) is 19.0 Å². The Kier molecular flexibility index (Phi) is 5.06. The van der Waals surface area contributed by atoms with Gasteiger partial charge in [-0.05, 0) is 19.4 Å². The van der Waals surface area contributed by atoms with Gasteiger partial charge in [0.1, 0.15) is 12.4 Å². The van der Waals surface area contributed by atoms with Gasteiger partial charge in [0.05, 0.1) is 11.4 Å². The van der Waals surface area contributed by atoms with Crippen LogP contribution in [0, 0.1) is 0 Å². The van der Waals surface area contributed by atoms with Crippen LogP contribution >= 0.6 is 0 Å². The predicted molar refractivity (Wildman–Crippen MR) is 78.4 cm³/mol. The van der Waals surface area contributed by atoms with E-state index in [4.69, 9.17) is 4.74 Å². The molecule has 0 fully saturated rings. The number of hydrogen-bond acceptors (Lipinski definition) is 5. The van der Waals surface area contributed by atoms with Crippen LogP contribution in [0.15, 0.2) is 18.3 Å². The quantitative estimate of drug-likeness (QED) is 0.840. The first kappa shape index (κ1) is 14.5. The van der Waals surface area contributed by atoms with Gasteiger partial charge in [0.15, 0.2) is 5.82 Å². The summed E-state index contributed by atoms with van der Waals surface area (Å²) in [4.78, 5) is 8.99. The van der Waals surface area contributed by atoms with Crippen LogP contribution in [0.5, 0.6) is 0 Å². The van der Waals surface area contributed by atoms with Crippen LogP contribution in [-0.2, 0) is 17.9 Å². The Morgan fingerprint density at radius 2 is 2.15 bits per heavy atom. The Balaban J connectivity index is 2.38. The molecule has 2 aromatic rings. The molecule has 0 saturated carbocycles. The highest BCUT2D eigenvalue weighted by molar-refractivity contribution is 5.58. The first-order chi connectivity index (χ1) is 9.78. The molecular weight excluding hydrogens is 254 g/mol. The molecule has 2 aromatic heterocycles. The number of aromatic nitrogens is 4. The van der Waals surface area contributed by atoms with E-state index in [0.29, 0.717) is 12.4 Å². The molecule has 0 aliphatic heterocycles. The zero-order chi connectivity index (χ0) is 14.4. The lowest BCUT2D eigenvalue weighted by Crippen LogP contribution is -2.08. The highest BCUT2D eigenvalue weighted by atomic mass is 16.5. The number of anilines is 1. The van der Waals surface area contributed by atoms with E-state index in [-0.39, 0.29) is 0 Å². The number of methoxy groups -OCH3 is 1. The van der Waals surface area contributed by atoms with E-state index in [2.05, 4.69) is 34.2 Å². The third-order valence-corrected chi connectivity index (χ3v) is 2.88. The standard InChI is InChI=1S/C14H21N5O/c1-4-7-15-13-9-11(17-14(18-13)10-20-3)12-6-8-16-19(12)5-2/h6,8-9H,4-5,7,10H2,1-3H3,(H,15,17,18). The summed E-state index contributed by atoms with van der Waals surface area (Å²) in [6.45, 7) is 6.27. The van der Waals surface area contributed by atoms with E-state index in [1.165, 1.54) is 0 Å². The normalized spacial score (nSPS) is 10.8. The van der Waals surface area contributed by atoms with E-state index in [1.807, 2.05) is 16.8 Å². The number of ether oxygens (including phenoxy) is 1. The fourth-order valence-corrected chi connectivity index (χ4v) is 1.97. The largest absolute Gasteiger partial charge is 0.377 e. The van der Waals surface area contributed by atoms with Gasteiger partial charge in [-0.15, -0.1) is 0 Å². The van der Waals surface area contributed by atoms with Crippen molar-refractivity contribution in [2.24, 2.45) is 0 Å². The highest BCUT2D eigenvalue weighted by Gasteiger charge is 2.10. The molecule has 108 valence electrons. The Bertz CT molecular complexity index is 552. The molecule has 0 radical (unpaired) electrons. The fourth-order valence-electron chi connectivity index (χ4n) is 1.97. The van der Waals surface area contributed by atoms with Gasteiger partial charge >= 0.3 is 0 Å². The first-order valence-electron chi connectivity index (χ1n) is 6.91. The van der Waals surface area contributed by atoms with E-state index >= 15 is 0 Å². The third kappa shape index (κ3) is 3.33. The number of hydrogen-bond donors (Lipinski definition) is 1. The Morgan fingerprint density at radius 1 is 1.30 bits per heavy atom. The Labute approximate surface area is 119 Å². The lowest BCUT2D eigenvalue weighted by molar-refractivity contribution is 0.178. The maximum absolute atomic E-state index is 5.14. The van der Waals surface area contributed by atoms with E-state index in [9.17, 15) is 0 Å². The molecule has 6 nitrogen and oxygen atoms in total. The lowest BCUT2D eigenvalue weighted by Gasteiger charge is -2.10. The van der Waals surface area contributed by atoms with Gasteiger partial charge in [-0.25, -0.2) is 9.97 Å². The van der Waals surface area contributed by atoms with Gasteiger partial charge in [-0.3, -0.25) is 4.68 Å². The van der Waals surface area contributed by atoms with Crippen molar-refractivity contribution in [3.8, 4) is 11.4 Å². The molecule has 6 heteroatoms. The SMILES string of the molecule is CCCNc1cc(-c2ccnn2CC)nc(COC)n1. The van der Waals surface area contributed by atoms with Gasteiger partial charge in [0, 0.05) is 32.5 Å². The maximum atomic E-state index is 5.14. The van der Waals surface area contributed by atoms with E-state index in [1.54, 1.807) is 13.3 Å². The topological polar surface area (TPSA) is 64.9 Å². The van der Waals surface area contributed by atoms with Crippen LogP contribution in [0.3, 0.4) is 0 Å². The molecule has 0 spiro atoms. The van der Waals surface area contributed by atoms with Crippen molar-refractivity contribution < 1.29 is 4.74 Å². The number of rotatable bonds is 7. The highest BCUT2D eigenvalue weighted by Crippen LogP contribution is 2.20. The minimum atomic E-state index is 0.398. The minimum absolute atomic E-state index is 0.398.